The maximum absolute atomic E-state index is 3.98. The molecule has 0 amide bonds. The second-order valence-electron chi connectivity index (χ2n) is 3.03. The van der Waals surface area contributed by atoms with Crippen molar-refractivity contribution in [2.45, 2.75) is 4.90 Å². The Balaban J connectivity index is 2.38. The van der Waals surface area contributed by atoms with Crippen molar-refractivity contribution in [3.63, 3.8) is 0 Å². The molecule has 1 aliphatic heterocycles. The third-order valence-corrected chi connectivity index (χ3v) is 3.03. The van der Waals surface area contributed by atoms with E-state index in [0.717, 1.165) is 5.52 Å². The van der Waals surface area contributed by atoms with Gasteiger partial charge in [0.15, 0.2) is 0 Å². The third kappa shape index (κ3) is 1.08. The van der Waals surface area contributed by atoms with Crippen molar-refractivity contribution in [1.29, 1.82) is 0 Å². The quantitative estimate of drug-likeness (QED) is 0.650. The number of H-pyrrole nitrogens is 1. The molecule has 0 bridgehead atoms. The lowest BCUT2D eigenvalue weighted by molar-refractivity contribution is 1.36. The molecule has 4 heteroatoms. The molecule has 68 valence electrons. The van der Waals surface area contributed by atoms with E-state index in [1.165, 1.54) is 27.8 Å². The zero-order valence-corrected chi connectivity index (χ0v) is 8.08. The topological polar surface area (TPSA) is 40.5 Å². The second-order valence-corrected chi connectivity index (χ2v) is 3.78. The molecule has 14 heavy (non-hydrogen) atoms. The van der Waals surface area contributed by atoms with Gasteiger partial charge in [0.1, 0.15) is 0 Å². The molecule has 2 aromatic rings. The number of fused-ring (bicyclic) bond motifs is 3. The van der Waals surface area contributed by atoms with Crippen molar-refractivity contribution in [3.05, 3.63) is 36.2 Å². The van der Waals surface area contributed by atoms with E-state index in [1.54, 1.807) is 6.20 Å². The Labute approximate surface area is 85.1 Å². The Morgan fingerprint density at radius 2 is 2.21 bits per heavy atom. The molecular formula is C10H7N3S. The van der Waals surface area contributed by atoms with E-state index in [-0.39, 0.29) is 0 Å². The third-order valence-electron chi connectivity index (χ3n) is 2.22. The van der Waals surface area contributed by atoms with E-state index in [4.69, 9.17) is 0 Å². The van der Waals surface area contributed by atoms with Crippen LogP contribution in [0.4, 0.5) is 0 Å². The van der Waals surface area contributed by atoms with Gasteiger partial charge < -0.3 is 4.98 Å². The molecule has 1 aliphatic rings. The summed E-state index contributed by atoms with van der Waals surface area (Å²) >= 11 is 1.42. The molecule has 0 saturated heterocycles. The van der Waals surface area contributed by atoms with Crippen LogP contribution in [0.2, 0.25) is 0 Å². The van der Waals surface area contributed by atoms with E-state index in [0.29, 0.717) is 0 Å². The molecule has 1 aromatic heterocycles. The van der Waals surface area contributed by atoms with Gasteiger partial charge in [-0.15, -0.1) is 4.52 Å². The molecule has 1 N–H and O–H groups in total. The highest BCUT2D eigenvalue weighted by Gasteiger charge is 2.08. The Bertz CT molecular complexity index is 539. The highest BCUT2D eigenvalue weighted by molar-refractivity contribution is 7.98. The standard InChI is InChI=1S/C10H7N3S/c1-2-9-8(4-5-11-9)10-7(1)3-6-12-13-14-10/h1-6,11H. The first-order chi connectivity index (χ1) is 6.95. The Morgan fingerprint density at radius 3 is 3.21 bits per heavy atom. The molecule has 0 atom stereocenters. The van der Waals surface area contributed by atoms with Gasteiger partial charge in [0, 0.05) is 33.9 Å². The number of rotatable bonds is 0. The van der Waals surface area contributed by atoms with Gasteiger partial charge in [-0.05, 0) is 23.8 Å². The minimum atomic E-state index is 1.14. The van der Waals surface area contributed by atoms with Crippen molar-refractivity contribution in [1.82, 2.24) is 4.98 Å². The monoisotopic (exact) mass is 201 g/mol. The van der Waals surface area contributed by atoms with Crippen molar-refractivity contribution in [2.24, 2.45) is 9.63 Å². The molecular weight excluding hydrogens is 194 g/mol. The Kier molecular flexibility index (Phi) is 1.67. The van der Waals surface area contributed by atoms with Crippen LogP contribution in [0, 0.1) is 0 Å². The molecule has 1 aromatic carbocycles. The molecule has 0 aliphatic carbocycles. The summed E-state index contributed by atoms with van der Waals surface area (Å²) in [5.74, 6) is 0. The first kappa shape index (κ1) is 7.82. The lowest BCUT2D eigenvalue weighted by Crippen LogP contribution is -1.78. The SMILES string of the molecule is C1=Cc2ccc3[nH]ccc3c2SN=N1. The van der Waals surface area contributed by atoms with Crippen LogP contribution in [0.25, 0.3) is 17.0 Å². The largest absolute Gasteiger partial charge is 0.361 e. The number of nitrogens with one attached hydrogen (secondary N) is 1. The normalized spacial score (nSPS) is 14.3. The summed E-state index contributed by atoms with van der Waals surface area (Å²) in [6, 6.07) is 6.22. The Morgan fingerprint density at radius 1 is 1.21 bits per heavy atom. The van der Waals surface area contributed by atoms with Crippen LogP contribution in [0.1, 0.15) is 5.56 Å². The average Bonchev–Trinajstić information content (AvgIpc) is 2.55. The van der Waals surface area contributed by atoms with Crippen LogP contribution in [-0.4, -0.2) is 4.98 Å². The van der Waals surface area contributed by atoms with Crippen LogP contribution in [-0.2, 0) is 0 Å². The zero-order valence-electron chi connectivity index (χ0n) is 7.27. The van der Waals surface area contributed by atoms with Gasteiger partial charge >= 0.3 is 0 Å². The number of aromatic amines is 1. The molecule has 3 nitrogen and oxygen atoms in total. The molecule has 0 spiro atoms. The van der Waals surface area contributed by atoms with E-state index in [2.05, 4.69) is 32.8 Å². The molecule has 0 fully saturated rings. The first-order valence-electron chi connectivity index (χ1n) is 4.29. The zero-order chi connectivity index (χ0) is 9.38. The van der Waals surface area contributed by atoms with E-state index < -0.39 is 0 Å². The molecule has 2 heterocycles. The van der Waals surface area contributed by atoms with Gasteiger partial charge in [0.05, 0.1) is 6.20 Å². The van der Waals surface area contributed by atoms with Gasteiger partial charge in [-0.3, -0.25) is 0 Å². The van der Waals surface area contributed by atoms with Crippen LogP contribution >= 0.6 is 11.9 Å². The smallest absolute Gasteiger partial charge is 0.0508 e. The minimum Gasteiger partial charge on any atom is -0.361 e. The highest BCUT2D eigenvalue weighted by Crippen LogP contribution is 2.34. The lowest BCUT2D eigenvalue weighted by Gasteiger charge is -2.01. The van der Waals surface area contributed by atoms with Gasteiger partial charge in [-0.1, -0.05) is 6.07 Å². The van der Waals surface area contributed by atoms with Gasteiger partial charge in [0.2, 0.25) is 0 Å². The number of benzene rings is 1. The predicted octanol–water partition coefficient (Wildman–Crippen LogP) is 3.61. The summed E-state index contributed by atoms with van der Waals surface area (Å²) in [6.07, 6.45) is 5.64. The fourth-order valence-electron chi connectivity index (χ4n) is 1.56. The summed E-state index contributed by atoms with van der Waals surface area (Å²) in [4.78, 5) is 4.35. The maximum atomic E-state index is 3.98. The first-order valence-corrected chi connectivity index (χ1v) is 5.06. The number of nitrogens with zero attached hydrogens (tertiary/aromatic N) is 2. The summed E-state index contributed by atoms with van der Waals surface area (Å²) in [7, 11) is 0. The minimum absolute atomic E-state index is 1.14. The van der Waals surface area contributed by atoms with Crippen LogP contribution in [0.3, 0.4) is 0 Å². The summed E-state index contributed by atoms with van der Waals surface area (Å²) < 4.78 is 3.98. The van der Waals surface area contributed by atoms with Crippen molar-refractivity contribution < 1.29 is 0 Å². The lowest BCUT2D eigenvalue weighted by atomic mass is 10.1. The fourth-order valence-corrected chi connectivity index (χ4v) is 2.26. The van der Waals surface area contributed by atoms with Crippen LogP contribution in [0.15, 0.2) is 45.1 Å². The molecule has 0 unspecified atom stereocenters. The summed E-state index contributed by atoms with van der Waals surface area (Å²) in [6.45, 7) is 0. The second kappa shape index (κ2) is 2.99. The highest BCUT2D eigenvalue weighted by atomic mass is 32.2. The van der Waals surface area contributed by atoms with Gasteiger partial charge in [-0.2, -0.15) is 5.11 Å². The van der Waals surface area contributed by atoms with Gasteiger partial charge in [0.25, 0.3) is 0 Å². The molecule has 0 radical (unpaired) electrons. The number of aromatic nitrogens is 1. The van der Waals surface area contributed by atoms with Crippen molar-refractivity contribution >= 4 is 28.9 Å². The average molecular weight is 201 g/mol. The van der Waals surface area contributed by atoms with Crippen LogP contribution in [0.5, 0.6) is 0 Å². The predicted molar refractivity (Wildman–Crippen MR) is 58.0 cm³/mol. The van der Waals surface area contributed by atoms with Crippen LogP contribution < -0.4 is 0 Å². The fraction of sp³-hybridized carbons (Fsp3) is 0. The number of hydrogen-bond acceptors (Lipinski definition) is 3. The van der Waals surface area contributed by atoms with Gasteiger partial charge in [-0.25, -0.2) is 0 Å². The maximum Gasteiger partial charge on any atom is 0.0508 e. The summed E-state index contributed by atoms with van der Waals surface area (Å²) in [5.41, 5.74) is 2.31. The molecule has 3 rings (SSSR count). The molecule has 0 saturated carbocycles. The van der Waals surface area contributed by atoms with Crippen molar-refractivity contribution in [3.8, 4) is 0 Å². The van der Waals surface area contributed by atoms with E-state index in [9.17, 15) is 0 Å². The van der Waals surface area contributed by atoms with Crippen molar-refractivity contribution in [2.75, 3.05) is 0 Å². The van der Waals surface area contributed by atoms with E-state index >= 15 is 0 Å². The van der Waals surface area contributed by atoms with E-state index in [1.807, 2.05) is 12.3 Å². The number of hydrogen-bond donors (Lipinski definition) is 1. The summed E-state index contributed by atoms with van der Waals surface area (Å²) in [5, 5.41) is 5.08. The Hall–Kier alpha value is -1.55.